The minimum absolute atomic E-state index is 0.203. The average molecular weight is 826 g/mol. The van der Waals surface area contributed by atoms with E-state index in [1.807, 2.05) is 84.0 Å². The summed E-state index contributed by atoms with van der Waals surface area (Å²) in [6.07, 6.45) is 5.73. The Labute approximate surface area is 353 Å². The van der Waals surface area contributed by atoms with Crippen LogP contribution in [-0.2, 0) is 35.5 Å². The van der Waals surface area contributed by atoms with E-state index in [1.165, 1.54) is 0 Å². The van der Waals surface area contributed by atoms with Crippen LogP contribution < -0.4 is 16.0 Å². The lowest BCUT2D eigenvalue weighted by atomic mass is 9.80. The van der Waals surface area contributed by atoms with Crippen LogP contribution in [-0.4, -0.2) is 112 Å². The molecule has 2 fully saturated rings. The Morgan fingerprint density at radius 3 is 2.14 bits per heavy atom. The summed E-state index contributed by atoms with van der Waals surface area (Å²) in [4.78, 5) is 71.2. The topological polar surface area (TPSA) is 170 Å². The fraction of sp³-hybridized carbons (Fsp3) is 0.711. The molecular formula is C45H73N6O8. The number of nitrogens with zero attached hydrogens (tertiary/aromatic N) is 3. The molecule has 3 N–H and O–H groups in total. The number of carbonyl (C=O) groups is 5. The molecule has 331 valence electrons. The molecule has 14 nitrogen and oxygen atoms in total. The highest BCUT2D eigenvalue weighted by atomic mass is 16.6. The van der Waals surface area contributed by atoms with Crippen LogP contribution >= 0.6 is 0 Å². The van der Waals surface area contributed by atoms with Gasteiger partial charge in [0.2, 0.25) is 17.7 Å². The second kappa shape index (κ2) is 21.9. The summed E-state index contributed by atoms with van der Waals surface area (Å²) in [5.41, 5.74) is -1.07. The minimum Gasteiger partial charge on any atom is -0.446 e. The molecular weight excluding hydrogens is 753 g/mol. The molecule has 3 rings (SSSR count). The first-order chi connectivity index (χ1) is 27.6. The number of benzene rings is 1. The number of hydrogen-bond donors (Lipinski definition) is 3. The van der Waals surface area contributed by atoms with Crippen LogP contribution in [0.3, 0.4) is 0 Å². The van der Waals surface area contributed by atoms with Crippen LogP contribution in [0.15, 0.2) is 42.5 Å². The highest BCUT2D eigenvalue weighted by Gasteiger charge is 2.47. The van der Waals surface area contributed by atoms with Crippen LogP contribution in [0.5, 0.6) is 0 Å². The molecule has 4 atom stereocenters. The lowest BCUT2D eigenvalue weighted by Crippen LogP contribution is -2.60. The van der Waals surface area contributed by atoms with Gasteiger partial charge in [0, 0.05) is 50.1 Å². The largest absolute Gasteiger partial charge is 0.446 e. The molecule has 2 aliphatic heterocycles. The maximum absolute atomic E-state index is 14.5. The number of piperidine rings is 1. The van der Waals surface area contributed by atoms with Crippen molar-refractivity contribution in [2.75, 3.05) is 26.2 Å². The zero-order chi connectivity index (χ0) is 44.1. The van der Waals surface area contributed by atoms with E-state index in [2.05, 4.69) is 29.8 Å². The molecule has 1 radical (unpaired) electrons. The second-order valence-electron chi connectivity index (χ2n) is 18.7. The predicted octanol–water partition coefficient (Wildman–Crippen LogP) is 6.56. The summed E-state index contributed by atoms with van der Waals surface area (Å²) in [5.74, 6) is -1.19. The third-order valence-corrected chi connectivity index (χ3v) is 10.9. The van der Waals surface area contributed by atoms with Crippen LogP contribution in [0.1, 0.15) is 127 Å². The molecule has 2 saturated heterocycles. The molecule has 2 heterocycles. The molecule has 1 aromatic carbocycles. The SMILES string of the molecule is CCN(CC)C(=O)[C@H](CCCNC(=O)OC1CC(C)(C)N([O])C(C)(C)C1)NC(=O)[C@@H]1CCCN1C(=O)[C@H](/C=C/[C@H](CC(C)C)NC(=O)OC(C)(C)C)Cc1ccccc1. The van der Waals surface area contributed by atoms with Crippen LogP contribution in [0.2, 0.25) is 0 Å². The minimum atomic E-state index is -0.864. The molecule has 0 saturated carbocycles. The summed E-state index contributed by atoms with van der Waals surface area (Å²) < 4.78 is 11.2. The number of carbonyl (C=O) groups excluding carboxylic acids is 5. The van der Waals surface area contributed by atoms with Crippen molar-refractivity contribution in [3.05, 3.63) is 48.0 Å². The van der Waals surface area contributed by atoms with Crippen LogP contribution in [0, 0.1) is 11.8 Å². The van der Waals surface area contributed by atoms with Gasteiger partial charge in [-0.3, -0.25) is 14.4 Å². The third kappa shape index (κ3) is 15.4. The average Bonchev–Trinajstić information content (AvgIpc) is 3.63. The summed E-state index contributed by atoms with van der Waals surface area (Å²) in [6.45, 7) is 22.2. The van der Waals surface area contributed by atoms with E-state index in [0.717, 1.165) is 10.6 Å². The molecule has 0 aliphatic carbocycles. The van der Waals surface area contributed by atoms with E-state index in [-0.39, 0.29) is 36.7 Å². The first-order valence-corrected chi connectivity index (χ1v) is 21.6. The van der Waals surface area contributed by atoms with Crippen molar-refractivity contribution in [3.63, 3.8) is 0 Å². The Balaban J connectivity index is 1.74. The first-order valence-electron chi connectivity index (χ1n) is 21.6. The maximum Gasteiger partial charge on any atom is 0.408 e. The molecule has 1 aromatic rings. The molecule has 2 aliphatic rings. The van der Waals surface area contributed by atoms with Gasteiger partial charge < -0.3 is 35.2 Å². The normalized spacial score (nSPS) is 19.8. The number of hydroxylamine groups is 2. The maximum atomic E-state index is 14.5. The highest BCUT2D eigenvalue weighted by Crippen LogP contribution is 2.38. The van der Waals surface area contributed by atoms with E-state index in [4.69, 9.17) is 9.47 Å². The zero-order valence-electron chi connectivity index (χ0n) is 37.6. The van der Waals surface area contributed by atoms with Gasteiger partial charge in [-0.2, -0.15) is 0 Å². The number of nitrogens with one attached hydrogen (secondary N) is 3. The van der Waals surface area contributed by atoms with Gasteiger partial charge in [0.25, 0.3) is 0 Å². The van der Waals surface area contributed by atoms with Crippen molar-refractivity contribution in [3.8, 4) is 0 Å². The van der Waals surface area contributed by atoms with Gasteiger partial charge in [-0.25, -0.2) is 9.59 Å². The van der Waals surface area contributed by atoms with E-state index in [9.17, 15) is 29.2 Å². The number of hydrogen-bond acceptors (Lipinski definition) is 8. The standard InChI is InChI=1S/C45H73N6O8/c1-12-49(13-2)40(54)36(21-17-25-46-41(55)58-35-29-44(8,9)51(57)45(10,11)30-35)48-38(52)37-22-18-26-50(37)39(53)33(28-32-19-15-14-16-20-32)23-24-34(27-31(3)4)47-42(56)59-43(5,6)7/h14-16,19-20,23-24,31,33-37H,12-13,17-18,21-22,25-30H2,1-11H3,(H,46,55)(H,47,56)(H,48,52)/b24-23+/t33-,34-,36+,37+/m1/s1. The van der Waals surface area contributed by atoms with Crippen molar-refractivity contribution in [1.82, 2.24) is 30.8 Å². The van der Waals surface area contributed by atoms with Gasteiger partial charge in [0.15, 0.2) is 0 Å². The summed E-state index contributed by atoms with van der Waals surface area (Å²) >= 11 is 0. The Morgan fingerprint density at radius 2 is 1.56 bits per heavy atom. The Bertz CT molecular complexity index is 1550. The Hall–Kier alpha value is -4.17. The quantitative estimate of drug-likeness (QED) is 0.111. The Kier molecular flexibility index (Phi) is 18.3. The first kappa shape index (κ1) is 49.2. The monoisotopic (exact) mass is 826 g/mol. The number of amides is 5. The van der Waals surface area contributed by atoms with Crippen molar-refractivity contribution in [1.29, 1.82) is 0 Å². The molecule has 59 heavy (non-hydrogen) atoms. The third-order valence-electron chi connectivity index (χ3n) is 10.9. The van der Waals surface area contributed by atoms with E-state index >= 15 is 0 Å². The zero-order valence-corrected chi connectivity index (χ0v) is 37.6. The van der Waals surface area contributed by atoms with Crippen molar-refractivity contribution in [2.24, 2.45) is 11.8 Å². The molecule has 0 spiro atoms. The number of rotatable bonds is 18. The van der Waals surface area contributed by atoms with Gasteiger partial charge in [0.1, 0.15) is 23.8 Å². The van der Waals surface area contributed by atoms with Gasteiger partial charge in [-0.15, -0.1) is 10.3 Å². The fourth-order valence-corrected chi connectivity index (χ4v) is 8.27. The van der Waals surface area contributed by atoms with E-state index < -0.39 is 58.9 Å². The van der Waals surface area contributed by atoms with Gasteiger partial charge >= 0.3 is 12.2 Å². The van der Waals surface area contributed by atoms with Crippen molar-refractivity contribution < 1.29 is 38.7 Å². The lowest BCUT2D eigenvalue weighted by Gasteiger charge is -2.49. The van der Waals surface area contributed by atoms with E-state index in [1.54, 1.807) is 30.6 Å². The predicted molar refractivity (Wildman–Crippen MR) is 227 cm³/mol. The fourth-order valence-electron chi connectivity index (χ4n) is 8.27. The lowest BCUT2D eigenvalue weighted by molar-refractivity contribution is -0.298. The second-order valence-corrected chi connectivity index (χ2v) is 18.7. The highest BCUT2D eigenvalue weighted by molar-refractivity contribution is 5.93. The van der Waals surface area contributed by atoms with Gasteiger partial charge in [-0.1, -0.05) is 56.3 Å². The number of likely N-dealkylation sites (N-methyl/N-ethyl adjacent to an activating group) is 1. The molecule has 0 unspecified atom stereocenters. The van der Waals surface area contributed by atoms with Crippen molar-refractivity contribution >= 4 is 29.9 Å². The smallest absolute Gasteiger partial charge is 0.408 e. The van der Waals surface area contributed by atoms with Gasteiger partial charge in [-0.05, 0) is 112 Å². The van der Waals surface area contributed by atoms with Crippen molar-refractivity contribution in [2.45, 2.75) is 168 Å². The summed E-state index contributed by atoms with van der Waals surface area (Å²) in [6, 6.07) is 7.67. The van der Waals surface area contributed by atoms with E-state index in [0.29, 0.717) is 64.6 Å². The summed E-state index contributed by atoms with van der Waals surface area (Å²) in [7, 11) is 0. The van der Waals surface area contributed by atoms with Crippen LogP contribution in [0.25, 0.3) is 0 Å². The summed E-state index contributed by atoms with van der Waals surface area (Å²) in [5, 5.41) is 22.5. The molecule has 0 bridgehead atoms. The Morgan fingerprint density at radius 1 is 0.932 bits per heavy atom. The van der Waals surface area contributed by atoms with Crippen LogP contribution in [0.4, 0.5) is 9.59 Å². The molecule has 14 heteroatoms. The number of alkyl carbamates (subject to hydrolysis) is 2. The number of likely N-dealkylation sites (tertiary alicyclic amines) is 1. The number of ether oxygens (including phenoxy) is 2. The van der Waals surface area contributed by atoms with Gasteiger partial charge in [0.05, 0.1) is 12.0 Å². The molecule has 5 amide bonds. The molecule has 0 aromatic heterocycles.